The quantitative estimate of drug-likeness (QED) is 0.382. The van der Waals surface area contributed by atoms with Crippen molar-refractivity contribution in [2.75, 3.05) is 7.05 Å². The summed E-state index contributed by atoms with van der Waals surface area (Å²) in [5.41, 5.74) is 5.87. The highest BCUT2D eigenvalue weighted by Crippen LogP contribution is 2.31. The molecule has 3 heteroatoms. The van der Waals surface area contributed by atoms with Crippen LogP contribution in [0.4, 0.5) is 5.69 Å². The molecule has 1 aliphatic heterocycles. The Morgan fingerprint density at radius 2 is 1.67 bits per heavy atom. The molecule has 3 aromatic carbocycles. The Kier molecular flexibility index (Phi) is 2.82. The number of hydrogen-bond acceptors (Lipinski definition) is 1. The van der Waals surface area contributed by atoms with E-state index in [1.165, 1.54) is 38.1 Å². The van der Waals surface area contributed by atoms with Crippen LogP contribution in [0.2, 0.25) is 0 Å². The van der Waals surface area contributed by atoms with E-state index in [-0.39, 0.29) is 0 Å². The second-order valence-electron chi connectivity index (χ2n) is 6.31. The van der Waals surface area contributed by atoms with Crippen LogP contribution in [0, 0.1) is 6.92 Å². The summed E-state index contributed by atoms with van der Waals surface area (Å²) in [5.74, 6) is 0. The molecule has 0 fully saturated rings. The molecule has 5 rings (SSSR count). The van der Waals surface area contributed by atoms with E-state index in [1.54, 1.807) is 0 Å². The molecule has 2 nitrogen and oxygen atoms in total. The number of furan rings is 1. The fourth-order valence-electron chi connectivity index (χ4n) is 3.56. The average Bonchev–Trinajstić information content (AvgIpc) is 3.11. The molecular formula is C21H16NOSi+. The van der Waals surface area contributed by atoms with Crippen molar-refractivity contribution in [2.24, 2.45) is 0 Å². The summed E-state index contributed by atoms with van der Waals surface area (Å²) in [6.07, 6.45) is 0. The number of benzene rings is 3. The van der Waals surface area contributed by atoms with Gasteiger partial charge in [-0.3, -0.25) is 0 Å². The van der Waals surface area contributed by atoms with Crippen molar-refractivity contribution in [3.63, 3.8) is 0 Å². The summed E-state index contributed by atoms with van der Waals surface area (Å²) in [6, 6.07) is 21.4. The van der Waals surface area contributed by atoms with E-state index in [2.05, 4.69) is 67.1 Å². The highest BCUT2D eigenvalue weighted by atomic mass is 28.2. The lowest BCUT2D eigenvalue weighted by Gasteiger charge is -2.02. The largest absolute Gasteiger partial charge is 0.456 e. The second kappa shape index (κ2) is 4.92. The van der Waals surface area contributed by atoms with Gasteiger partial charge in [-0.15, -0.1) is 0 Å². The highest BCUT2D eigenvalue weighted by molar-refractivity contribution is 6.89. The number of nitrogens with zero attached hydrogens (tertiary/aromatic N) is 1. The van der Waals surface area contributed by atoms with Gasteiger partial charge in [0.2, 0.25) is 15.2 Å². The lowest BCUT2D eigenvalue weighted by Crippen LogP contribution is -2.21. The molecule has 0 saturated heterocycles. The summed E-state index contributed by atoms with van der Waals surface area (Å²) in [4.78, 5) is 0. The van der Waals surface area contributed by atoms with Crippen LogP contribution >= 0.6 is 0 Å². The molecule has 2 heterocycles. The molecule has 0 atom stereocenters. The molecule has 0 aliphatic carbocycles. The Morgan fingerprint density at radius 1 is 0.875 bits per heavy atom. The van der Waals surface area contributed by atoms with Crippen LogP contribution in [0.1, 0.15) is 11.1 Å². The topological polar surface area (TPSA) is 16.1 Å². The van der Waals surface area contributed by atoms with Crippen LogP contribution in [-0.4, -0.2) is 26.5 Å². The van der Waals surface area contributed by atoms with E-state index < -0.39 is 0 Å². The maximum absolute atomic E-state index is 6.06. The van der Waals surface area contributed by atoms with Crippen molar-refractivity contribution in [3.05, 3.63) is 71.8 Å². The highest BCUT2D eigenvalue weighted by Gasteiger charge is 2.31. The van der Waals surface area contributed by atoms with E-state index in [1.807, 2.05) is 12.1 Å². The molecule has 0 saturated carbocycles. The fourth-order valence-corrected chi connectivity index (χ4v) is 5.10. The summed E-state index contributed by atoms with van der Waals surface area (Å²) >= 11 is 0. The molecule has 2 radical (unpaired) electrons. The zero-order valence-electron chi connectivity index (χ0n) is 13.6. The third kappa shape index (κ3) is 1.85. The predicted octanol–water partition coefficient (Wildman–Crippen LogP) is 3.96. The van der Waals surface area contributed by atoms with Crippen LogP contribution in [0.5, 0.6) is 0 Å². The number of aryl methyl sites for hydroxylation is 1. The first-order valence-corrected chi connectivity index (χ1v) is 9.11. The van der Waals surface area contributed by atoms with Crippen molar-refractivity contribution in [1.82, 2.24) is 0 Å². The molecule has 0 N–H and O–H groups in total. The van der Waals surface area contributed by atoms with E-state index in [0.717, 1.165) is 11.2 Å². The van der Waals surface area contributed by atoms with Gasteiger partial charge >= 0.3 is 0 Å². The monoisotopic (exact) mass is 326 g/mol. The molecule has 0 amide bonds. The molecule has 4 aromatic rings. The second-order valence-corrected chi connectivity index (χ2v) is 7.57. The van der Waals surface area contributed by atoms with Crippen LogP contribution in [0.15, 0.2) is 65.1 Å². The van der Waals surface area contributed by atoms with Gasteiger partial charge in [-0.1, -0.05) is 36.4 Å². The van der Waals surface area contributed by atoms with Gasteiger partial charge in [-0.05, 0) is 30.7 Å². The normalized spacial score (nSPS) is 13.9. The average molecular weight is 326 g/mol. The maximum atomic E-state index is 6.06. The summed E-state index contributed by atoms with van der Waals surface area (Å²) in [6.45, 7) is 2.18. The van der Waals surface area contributed by atoms with Gasteiger partial charge in [0.15, 0.2) is 5.33 Å². The van der Waals surface area contributed by atoms with Crippen molar-refractivity contribution >= 4 is 47.7 Å². The minimum absolute atomic E-state index is 0.673. The summed E-state index contributed by atoms with van der Waals surface area (Å²) < 4.78 is 8.38. The van der Waals surface area contributed by atoms with Gasteiger partial charge in [-0.25, -0.2) is 4.58 Å². The molecule has 1 aromatic heterocycles. The third-order valence-electron chi connectivity index (χ3n) is 4.85. The standard InChI is InChI=1S/C21H16NOSi/c1-13-7-3-4-8-14(13)21-22(2)17-12-19-16(11-20(17)24-21)15-9-5-6-10-18(15)23-19/h3-12H,1-2H3/q+1. The minimum atomic E-state index is 0.673. The van der Waals surface area contributed by atoms with E-state index in [4.69, 9.17) is 4.42 Å². The zero-order chi connectivity index (χ0) is 16.3. The van der Waals surface area contributed by atoms with E-state index in [9.17, 15) is 0 Å². The number of rotatable bonds is 1. The van der Waals surface area contributed by atoms with Gasteiger partial charge in [0.1, 0.15) is 18.2 Å². The molecular weight excluding hydrogens is 310 g/mol. The Hall–Kier alpha value is -2.65. The molecule has 24 heavy (non-hydrogen) atoms. The van der Waals surface area contributed by atoms with E-state index >= 15 is 0 Å². The van der Waals surface area contributed by atoms with Crippen molar-refractivity contribution in [2.45, 2.75) is 6.92 Å². The van der Waals surface area contributed by atoms with E-state index in [0.29, 0.717) is 9.52 Å². The van der Waals surface area contributed by atoms with Gasteiger partial charge in [0.25, 0.3) is 0 Å². The van der Waals surface area contributed by atoms with Crippen LogP contribution in [0.25, 0.3) is 21.9 Å². The van der Waals surface area contributed by atoms with Gasteiger partial charge in [0.05, 0.1) is 6.07 Å². The van der Waals surface area contributed by atoms with Crippen LogP contribution in [0.3, 0.4) is 0 Å². The Morgan fingerprint density at radius 3 is 2.54 bits per heavy atom. The van der Waals surface area contributed by atoms with Crippen molar-refractivity contribution < 1.29 is 8.99 Å². The lowest BCUT2D eigenvalue weighted by atomic mass is 10.1. The van der Waals surface area contributed by atoms with Gasteiger partial charge < -0.3 is 4.42 Å². The Bertz CT molecular complexity index is 1150. The predicted molar refractivity (Wildman–Crippen MR) is 100 cm³/mol. The molecule has 0 spiro atoms. The first kappa shape index (κ1) is 13.8. The van der Waals surface area contributed by atoms with Gasteiger partial charge in [0, 0.05) is 21.5 Å². The first-order chi connectivity index (χ1) is 11.7. The van der Waals surface area contributed by atoms with Crippen LogP contribution < -0.4 is 5.19 Å². The van der Waals surface area contributed by atoms with Crippen molar-refractivity contribution in [1.29, 1.82) is 0 Å². The van der Waals surface area contributed by atoms with Crippen LogP contribution in [-0.2, 0) is 0 Å². The number of fused-ring (bicyclic) bond motifs is 4. The SMILES string of the molecule is Cc1ccccc1C1=[N+](C)c2cc3oc4ccccc4c3cc2[Si]1. The minimum Gasteiger partial charge on any atom is -0.456 e. The number of hydrogen-bond donors (Lipinski definition) is 0. The molecule has 0 unspecified atom stereocenters. The Balaban J connectivity index is 1.74. The number of para-hydroxylation sites is 1. The fraction of sp³-hybridized carbons (Fsp3) is 0.0952. The molecule has 0 bridgehead atoms. The molecule has 1 aliphatic rings. The van der Waals surface area contributed by atoms with Gasteiger partial charge in [-0.2, -0.15) is 0 Å². The third-order valence-corrected chi connectivity index (χ3v) is 6.36. The summed E-state index contributed by atoms with van der Waals surface area (Å²) in [5, 5.41) is 5.21. The lowest BCUT2D eigenvalue weighted by molar-refractivity contribution is -0.398. The maximum Gasteiger partial charge on any atom is 0.223 e. The molecule has 114 valence electrons. The van der Waals surface area contributed by atoms with Crippen molar-refractivity contribution in [3.8, 4) is 0 Å². The first-order valence-electron chi connectivity index (χ1n) is 8.11. The summed E-state index contributed by atoms with van der Waals surface area (Å²) in [7, 11) is 2.83. The Labute approximate surface area is 142 Å². The zero-order valence-corrected chi connectivity index (χ0v) is 14.6. The smallest absolute Gasteiger partial charge is 0.223 e.